The van der Waals surface area contributed by atoms with Crippen LogP contribution in [0.1, 0.15) is 11.3 Å². The molecule has 0 saturated carbocycles. The molecular formula is C13H16N2O2S. The van der Waals surface area contributed by atoms with Gasteiger partial charge in [-0.2, -0.15) is 0 Å². The normalized spacial score (nSPS) is 10.6. The van der Waals surface area contributed by atoms with Crippen molar-refractivity contribution in [3.8, 4) is 5.75 Å². The molecule has 1 aromatic carbocycles. The number of aliphatic hydroxyl groups excluding tert-OH is 1. The van der Waals surface area contributed by atoms with Crippen molar-refractivity contribution >= 4 is 11.8 Å². The zero-order valence-corrected chi connectivity index (χ0v) is 11.3. The molecule has 96 valence electrons. The van der Waals surface area contributed by atoms with Gasteiger partial charge in [0, 0.05) is 12.8 Å². The average Bonchev–Trinajstić information content (AvgIpc) is 2.77. The maximum absolute atomic E-state index is 9.10. The lowest BCUT2D eigenvalue weighted by Crippen LogP contribution is -1.97. The second-order valence-electron chi connectivity index (χ2n) is 3.89. The van der Waals surface area contributed by atoms with Gasteiger partial charge >= 0.3 is 0 Å². The third kappa shape index (κ3) is 2.86. The lowest BCUT2D eigenvalue weighted by atomic mass is 10.2. The van der Waals surface area contributed by atoms with Gasteiger partial charge in [-0.1, -0.05) is 23.9 Å². The Balaban J connectivity index is 2.04. The summed E-state index contributed by atoms with van der Waals surface area (Å²) in [6, 6.07) is 7.99. The fourth-order valence-corrected chi connectivity index (χ4v) is 2.53. The third-order valence-electron chi connectivity index (χ3n) is 2.71. The molecule has 2 rings (SSSR count). The number of benzene rings is 1. The van der Waals surface area contributed by atoms with Crippen LogP contribution in [0.3, 0.4) is 0 Å². The van der Waals surface area contributed by atoms with Gasteiger partial charge in [-0.25, -0.2) is 4.98 Å². The molecule has 1 N–H and O–H groups in total. The van der Waals surface area contributed by atoms with E-state index in [9.17, 15) is 0 Å². The van der Waals surface area contributed by atoms with Gasteiger partial charge in [0.15, 0.2) is 5.16 Å². The number of hydrogen-bond donors (Lipinski definition) is 1. The maximum atomic E-state index is 9.10. The van der Waals surface area contributed by atoms with E-state index in [2.05, 4.69) is 11.1 Å². The Morgan fingerprint density at radius 3 is 2.94 bits per heavy atom. The fraction of sp³-hybridized carbons (Fsp3) is 0.308. The fourth-order valence-electron chi connectivity index (χ4n) is 1.62. The minimum Gasteiger partial charge on any atom is -0.497 e. The topological polar surface area (TPSA) is 47.3 Å². The predicted molar refractivity (Wildman–Crippen MR) is 71.7 cm³/mol. The van der Waals surface area contributed by atoms with Crippen molar-refractivity contribution in [3.63, 3.8) is 0 Å². The van der Waals surface area contributed by atoms with Crippen LogP contribution in [0, 0.1) is 0 Å². The SMILES string of the molecule is COc1cccc(CSc2ncc(CO)n2C)c1. The molecule has 0 saturated heterocycles. The van der Waals surface area contributed by atoms with Crippen LogP contribution in [-0.4, -0.2) is 21.8 Å². The molecule has 0 atom stereocenters. The molecule has 0 unspecified atom stereocenters. The molecule has 5 heteroatoms. The third-order valence-corrected chi connectivity index (χ3v) is 3.82. The van der Waals surface area contributed by atoms with Gasteiger partial charge < -0.3 is 14.4 Å². The molecule has 2 aromatic rings. The van der Waals surface area contributed by atoms with Crippen LogP contribution >= 0.6 is 11.8 Å². The van der Waals surface area contributed by atoms with Crippen molar-refractivity contribution in [2.45, 2.75) is 17.5 Å². The van der Waals surface area contributed by atoms with Gasteiger partial charge in [-0.05, 0) is 17.7 Å². The highest BCUT2D eigenvalue weighted by molar-refractivity contribution is 7.98. The highest BCUT2D eigenvalue weighted by Crippen LogP contribution is 2.23. The molecule has 0 amide bonds. The zero-order valence-electron chi connectivity index (χ0n) is 10.5. The molecular weight excluding hydrogens is 248 g/mol. The van der Waals surface area contributed by atoms with E-state index < -0.39 is 0 Å². The summed E-state index contributed by atoms with van der Waals surface area (Å²) >= 11 is 1.64. The van der Waals surface area contributed by atoms with Crippen molar-refractivity contribution in [2.75, 3.05) is 7.11 Å². The van der Waals surface area contributed by atoms with Crippen LogP contribution in [0.15, 0.2) is 35.6 Å². The Morgan fingerprint density at radius 1 is 1.44 bits per heavy atom. The molecule has 0 spiro atoms. The molecule has 0 aliphatic rings. The Bertz CT molecular complexity index is 525. The number of aromatic nitrogens is 2. The van der Waals surface area contributed by atoms with Crippen LogP contribution in [0.25, 0.3) is 0 Å². The Kier molecular flexibility index (Phi) is 4.28. The average molecular weight is 264 g/mol. The summed E-state index contributed by atoms with van der Waals surface area (Å²) in [5, 5.41) is 10.0. The van der Waals surface area contributed by atoms with E-state index in [4.69, 9.17) is 9.84 Å². The number of nitrogens with zero attached hydrogens (tertiary/aromatic N) is 2. The number of rotatable bonds is 5. The number of ether oxygens (including phenoxy) is 1. The highest BCUT2D eigenvalue weighted by atomic mass is 32.2. The van der Waals surface area contributed by atoms with E-state index in [1.807, 2.05) is 29.8 Å². The van der Waals surface area contributed by atoms with Gasteiger partial charge in [-0.3, -0.25) is 0 Å². The summed E-state index contributed by atoms with van der Waals surface area (Å²) < 4.78 is 7.10. The van der Waals surface area contributed by atoms with Gasteiger partial charge in [0.1, 0.15) is 5.75 Å². The quantitative estimate of drug-likeness (QED) is 0.841. The summed E-state index contributed by atoms with van der Waals surface area (Å²) in [7, 11) is 3.57. The first-order valence-electron chi connectivity index (χ1n) is 5.61. The van der Waals surface area contributed by atoms with Crippen molar-refractivity contribution in [1.82, 2.24) is 9.55 Å². The van der Waals surface area contributed by atoms with Gasteiger partial charge in [0.2, 0.25) is 0 Å². The van der Waals surface area contributed by atoms with Crippen molar-refractivity contribution < 1.29 is 9.84 Å². The lowest BCUT2D eigenvalue weighted by Gasteiger charge is -2.05. The predicted octanol–water partition coefficient (Wildman–Crippen LogP) is 2.21. The second-order valence-corrected chi connectivity index (χ2v) is 4.83. The first-order valence-corrected chi connectivity index (χ1v) is 6.60. The zero-order chi connectivity index (χ0) is 13.0. The molecule has 1 heterocycles. The summed E-state index contributed by atoms with van der Waals surface area (Å²) in [4.78, 5) is 4.28. The van der Waals surface area contributed by atoms with Gasteiger partial charge in [0.25, 0.3) is 0 Å². The summed E-state index contributed by atoms with van der Waals surface area (Å²) in [5.41, 5.74) is 2.01. The maximum Gasteiger partial charge on any atom is 0.168 e. The van der Waals surface area contributed by atoms with E-state index in [1.165, 1.54) is 5.56 Å². The van der Waals surface area contributed by atoms with E-state index in [0.29, 0.717) is 0 Å². The van der Waals surface area contributed by atoms with E-state index in [-0.39, 0.29) is 6.61 Å². The first-order chi connectivity index (χ1) is 8.74. The largest absolute Gasteiger partial charge is 0.497 e. The van der Waals surface area contributed by atoms with E-state index in [1.54, 1.807) is 25.1 Å². The molecule has 18 heavy (non-hydrogen) atoms. The van der Waals surface area contributed by atoms with Crippen LogP contribution < -0.4 is 4.74 Å². The monoisotopic (exact) mass is 264 g/mol. The molecule has 0 fully saturated rings. The van der Waals surface area contributed by atoms with E-state index in [0.717, 1.165) is 22.4 Å². The molecule has 0 radical (unpaired) electrons. The van der Waals surface area contributed by atoms with Crippen LogP contribution in [-0.2, 0) is 19.4 Å². The highest BCUT2D eigenvalue weighted by Gasteiger charge is 2.06. The van der Waals surface area contributed by atoms with Crippen molar-refractivity contribution in [3.05, 3.63) is 41.7 Å². The van der Waals surface area contributed by atoms with Crippen LogP contribution in [0.2, 0.25) is 0 Å². The number of methoxy groups -OCH3 is 1. The molecule has 0 aliphatic heterocycles. The first kappa shape index (κ1) is 13.0. The lowest BCUT2D eigenvalue weighted by molar-refractivity contribution is 0.271. The van der Waals surface area contributed by atoms with Crippen LogP contribution in [0.5, 0.6) is 5.75 Å². The van der Waals surface area contributed by atoms with Crippen molar-refractivity contribution in [1.29, 1.82) is 0 Å². The number of aliphatic hydroxyl groups is 1. The Morgan fingerprint density at radius 2 is 2.28 bits per heavy atom. The Labute approximate surface area is 111 Å². The van der Waals surface area contributed by atoms with Crippen molar-refractivity contribution in [2.24, 2.45) is 7.05 Å². The minimum absolute atomic E-state index is 0.0171. The number of thioether (sulfide) groups is 1. The standard InChI is InChI=1S/C13H16N2O2S/c1-15-11(8-16)7-14-13(15)18-9-10-4-3-5-12(6-10)17-2/h3-7,16H,8-9H2,1-2H3. The molecule has 1 aromatic heterocycles. The van der Waals surface area contributed by atoms with E-state index >= 15 is 0 Å². The summed E-state index contributed by atoms with van der Waals surface area (Å²) in [5.74, 6) is 1.69. The smallest absolute Gasteiger partial charge is 0.168 e. The summed E-state index contributed by atoms with van der Waals surface area (Å²) in [6.07, 6.45) is 1.70. The minimum atomic E-state index is 0.0171. The number of imidazole rings is 1. The Hall–Kier alpha value is -1.46. The van der Waals surface area contributed by atoms with Gasteiger partial charge in [-0.15, -0.1) is 0 Å². The molecule has 4 nitrogen and oxygen atoms in total. The van der Waals surface area contributed by atoms with Crippen LogP contribution in [0.4, 0.5) is 0 Å². The van der Waals surface area contributed by atoms with Gasteiger partial charge in [0.05, 0.1) is 25.6 Å². The molecule has 0 bridgehead atoms. The molecule has 0 aliphatic carbocycles. The number of hydrogen-bond acceptors (Lipinski definition) is 4. The summed E-state index contributed by atoms with van der Waals surface area (Å²) in [6.45, 7) is 0.0171. The second kappa shape index (κ2) is 5.93.